The highest BCUT2D eigenvalue weighted by Crippen LogP contribution is 2.06. The molecular weight excluding hydrogens is 146 g/mol. The molecule has 0 spiro atoms. The summed E-state index contributed by atoms with van der Waals surface area (Å²) >= 11 is 0. The van der Waals surface area contributed by atoms with Crippen molar-refractivity contribution in [1.82, 2.24) is 0 Å². The first-order valence-electron chi connectivity index (χ1n) is 3.05. The summed E-state index contributed by atoms with van der Waals surface area (Å²) in [7, 11) is 0. The Bertz CT molecular complexity index is 274. The smallest absolute Gasteiger partial charge is 0.243 e. The standard InChI is InChI=1S/C7H7NO3/c1-6(8(9)10)4-7-2-3-11-5-7/h2-5H,1H3/b6-4-. The van der Waals surface area contributed by atoms with Crippen molar-refractivity contribution in [2.24, 2.45) is 0 Å². The maximum Gasteiger partial charge on any atom is 0.243 e. The molecule has 0 aliphatic heterocycles. The quantitative estimate of drug-likeness (QED) is 0.481. The largest absolute Gasteiger partial charge is 0.472 e. The molecule has 0 radical (unpaired) electrons. The predicted molar refractivity (Wildman–Crippen MR) is 39.4 cm³/mol. The van der Waals surface area contributed by atoms with Gasteiger partial charge in [-0.05, 0) is 6.07 Å². The van der Waals surface area contributed by atoms with E-state index in [2.05, 4.69) is 0 Å². The van der Waals surface area contributed by atoms with Gasteiger partial charge in [-0.2, -0.15) is 0 Å². The van der Waals surface area contributed by atoms with E-state index in [0.717, 1.165) is 0 Å². The zero-order chi connectivity index (χ0) is 8.27. The van der Waals surface area contributed by atoms with E-state index < -0.39 is 4.92 Å². The summed E-state index contributed by atoms with van der Waals surface area (Å²) in [4.78, 5) is 9.69. The molecule has 0 unspecified atom stereocenters. The van der Waals surface area contributed by atoms with Gasteiger partial charge < -0.3 is 4.42 Å². The summed E-state index contributed by atoms with van der Waals surface area (Å²) in [6.07, 6.45) is 4.37. The van der Waals surface area contributed by atoms with Gasteiger partial charge >= 0.3 is 0 Å². The van der Waals surface area contributed by atoms with E-state index in [1.54, 1.807) is 6.07 Å². The zero-order valence-corrected chi connectivity index (χ0v) is 5.98. The summed E-state index contributed by atoms with van der Waals surface area (Å²) in [5, 5.41) is 10.1. The minimum absolute atomic E-state index is 0.103. The average Bonchev–Trinajstić information content (AvgIpc) is 2.39. The van der Waals surface area contributed by atoms with Gasteiger partial charge in [-0.15, -0.1) is 0 Å². The van der Waals surface area contributed by atoms with Gasteiger partial charge in [0.1, 0.15) is 0 Å². The number of hydrogen-bond donors (Lipinski definition) is 0. The maximum absolute atomic E-state index is 10.1. The second-order valence-corrected chi connectivity index (χ2v) is 2.10. The highest BCUT2D eigenvalue weighted by Gasteiger charge is 2.01. The number of furan rings is 1. The molecule has 0 aliphatic carbocycles. The Balaban J connectivity index is 2.82. The Labute approximate surface area is 63.3 Å². The monoisotopic (exact) mass is 153 g/mol. The van der Waals surface area contributed by atoms with Gasteiger partial charge in [0.15, 0.2) is 0 Å². The Morgan fingerprint density at radius 2 is 2.55 bits per heavy atom. The highest BCUT2D eigenvalue weighted by atomic mass is 16.6. The number of nitro groups is 1. The third-order valence-electron chi connectivity index (χ3n) is 1.21. The third kappa shape index (κ3) is 1.93. The molecule has 58 valence electrons. The van der Waals surface area contributed by atoms with Crippen molar-refractivity contribution in [1.29, 1.82) is 0 Å². The SMILES string of the molecule is C/C(=C/c1ccoc1)[N+](=O)[O-]. The lowest BCUT2D eigenvalue weighted by Crippen LogP contribution is -1.92. The van der Waals surface area contributed by atoms with Crippen LogP contribution in [0, 0.1) is 10.1 Å². The van der Waals surface area contributed by atoms with Gasteiger partial charge in [0.2, 0.25) is 5.70 Å². The van der Waals surface area contributed by atoms with Crippen molar-refractivity contribution in [2.45, 2.75) is 6.92 Å². The van der Waals surface area contributed by atoms with Gasteiger partial charge in [-0.25, -0.2) is 0 Å². The summed E-state index contributed by atoms with van der Waals surface area (Å²) in [6, 6.07) is 1.66. The van der Waals surface area contributed by atoms with Crippen LogP contribution >= 0.6 is 0 Å². The van der Waals surface area contributed by atoms with Crippen LogP contribution in [-0.4, -0.2) is 4.92 Å². The molecule has 1 heterocycles. The molecule has 11 heavy (non-hydrogen) atoms. The van der Waals surface area contributed by atoms with E-state index >= 15 is 0 Å². The fourth-order valence-electron chi connectivity index (χ4n) is 0.651. The first-order chi connectivity index (χ1) is 5.20. The van der Waals surface area contributed by atoms with Crippen molar-refractivity contribution in [3.05, 3.63) is 40.0 Å². The van der Waals surface area contributed by atoms with E-state index in [-0.39, 0.29) is 5.70 Å². The summed E-state index contributed by atoms with van der Waals surface area (Å²) in [5.74, 6) is 0. The van der Waals surface area contributed by atoms with Gasteiger partial charge in [0.05, 0.1) is 17.4 Å². The fraction of sp³-hybridized carbons (Fsp3) is 0.143. The second-order valence-electron chi connectivity index (χ2n) is 2.10. The lowest BCUT2D eigenvalue weighted by atomic mass is 10.3. The van der Waals surface area contributed by atoms with Crippen LogP contribution in [0.2, 0.25) is 0 Å². The number of nitrogens with zero attached hydrogens (tertiary/aromatic N) is 1. The van der Waals surface area contributed by atoms with Crippen LogP contribution in [0.4, 0.5) is 0 Å². The fourth-order valence-corrected chi connectivity index (χ4v) is 0.651. The lowest BCUT2D eigenvalue weighted by molar-refractivity contribution is -0.422. The normalized spacial score (nSPS) is 11.5. The Morgan fingerprint density at radius 3 is 3.00 bits per heavy atom. The van der Waals surface area contributed by atoms with Gasteiger partial charge in [-0.1, -0.05) is 0 Å². The number of rotatable bonds is 2. The highest BCUT2D eigenvalue weighted by molar-refractivity contribution is 5.48. The molecule has 0 atom stereocenters. The molecular formula is C7H7NO3. The number of hydrogen-bond acceptors (Lipinski definition) is 3. The average molecular weight is 153 g/mol. The maximum atomic E-state index is 10.1. The van der Waals surface area contributed by atoms with Crippen molar-refractivity contribution in [2.75, 3.05) is 0 Å². The second kappa shape index (κ2) is 3.01. The molecule has 0 amide bonds. The Morgan fingerprint density at radius 1 is 1.82 bits per heavy atom. The molecule has 1 rings (SSSR count). The third-order valence-corrected chi connectivity index (χ3v) is 1.21. The molecule has 0 N–H and O–H groups in total. The van der Waals surface area contributed by atoms with Crippen molar-refractivity contribution >= 4 is 6.08 Å². The van der Waals surface area contributed by atoms with Gasteiger partial charge in [0, 0.05) is 18.6 Å². The van der Waals surface area contributed by atoms with Crippen molar-refractivity contribution in [3.8, 4) is 0 Å². The summed E-state index contributed by atoms with van der Waals surface area (Å²) in [6.45, 7) is 1.44. The van der Waals surface area contributed by atoms with Crippen LogP contribution in [-0.2, 0) is 0 Å². The molecule has 0 bridgehead atoms. The lowest BCUT2D eigenvalue weighted by Gasteiger charge is -1.85. The van der Waals surface area contributed by atoms with E-state index in [9.17, 15) is 10.1 Å². The van der Waals surface area contributed by atoms with Crippen molar-refractivity contribution < 1.29 is 9.34 Å². The summed E-state index contributed by atoms with van der Waals surface area (Å²) in [5.41, 5.74) is 0.811. The minimum Gasteiger partial charge on any atom is -0.472 e. The van der Waals surface area contributed by atoms with E-state index in [1.807, 2.05) is 0 Å². The molecule has 0 saturated carbocycles. The molecule has 0 fully saturated rings. The molecule has 4 nitrogen and oxygen atoms in total. The molecule has 0 saturated heterocycles. The predicted octanol–water partition coefficient (Wildman–Crippen LogP) is 1.92. The van der Waals surface area contributed by atoms with Crippen LogP contribution in [0.15, 0.2) is 28.7 Å². The van der Waals surface area contributed by atoms with Crippen LogP contribution in [0.5, 0.6) is 0 Å². The molecule has 1 aromatic rings. The Hall–Kier alpha value is -1.58. The van der Waals surface area contributed by atoms with Gasteiger partial charge in [0.25, 0.3) is 0 Å². The minimum atomic E-state index is -0.438. The summed E-state index contributed by atoms with van der Waals surface area (Å²) < 4.78 is 4.73. The number of allylic oxidation sites excluding steroid dienone is 1. The van der Waals surface area contributed by atoms with Crippen LogP contribution in [0.3, 0.4) is 0 Å². The van der Waals surface area contributed by atoms with E-state index in [1.165, 1.54) is 25.5 Å². The van der Waals surface area contributed by atoms with Gasteiger partial charge in [-0.3, -0.25) is 10.1 Å². The zero-order valence-electron chi connectivity index (χ0n) is 5.98. The van der Waals surface area contributed by atoms with Crippen molar-refractivity contribution in [3.63, 3.8) is 0 Å². The molecule has 0 aromatic carbocycles. The van der Waals surface area contributed by atoms with E-state index in [0.29, 0.717) is 5.56 Å². The van der Waals surface area contributed by atoms with Crippen LogP contribution in [0.25, 0.3) is 6.08 Å². The Kier molecular flexibility index (Phi) is 2.06. The first-order valence-corrected chi connectivity index (χ1v) is 3.05. The molecule has 1 aromatic heterocycles. The van der Waals surface area contributed by atoms with Crippen LogP contribution in [0.1, 0.15) is 12.5 Å². The molecule has 4 heteroatoms. The van der Waals surface area contributed by atoms with Crippen LogP contribution < -0.4 is 0 Å². The molecule has 0 aliphatic rings. The van der Waals surface area contributed by atoms with E-state index in [4.69, 9.17) is 4.42 Å². The topological polar surface area (TPSA) is 56.3 Å². The first kappa shape index (κ1) is 7.53.